The third-order valence-corrected chi connectivity index (χ3v) is 3.20. The summed E-state index contributed by atoms with van der Waals surface area (Å²) in [5, 5.41) is 0.554. The molecule has 1 aromatic rings. The molecule has 0 saturated heterocycles. The van der Waals surface area contributed by atoms with Crippen molar-refractivity contribution in [3.63, 3.8) is 0 Å². The van der Waals surface area contributed by atoms with Crippen LogP contribution in [0, 0.1) is 5.82 Å². The van der Waals surface area contributed by atoms with E-state index >= 15 is 0 Å². The van der Waals surface area contributed by atoms with E-state index in [1.165, 1.54) is 6.07 Å². The SMILES string of the molecule is NC1(c2cc(Cl)ccc2F)CCCC1. The van der Waals surface area contributed by atoms with Crippen molar-refractivity contribution in [2.24, 2.45) is 5.73 Å². The Morgan fingerprint density at radius 2 is 1.93 bits per heavy atom. The molecule has 0 amide bonds. The third-order valence-electron chi connectivity index (χ3n) is 2.96. The van der Waals surface area contributed by atoms with Crippen LogP contribution in [0.3, 0.4) is 0 Å². The maximum absolute atomic E-state index is 13.5. The Balaban J connectivity index is 2.44. The van der Waals surface area contributed by atoms with E-state index in [0.29, 0.717) is 10.6 Å². The summed E-state index contributed by atoms with van der Waals surface area (Å²) in [6.07, 6.45) is 3.85. The van der Waals surface area contributed by atoms with Crippen molar-refractivity contribution in [2.45, 2.75) is 31.2 Å². The molecule has 0 atom stereocenters. The van der Waals surface area contributed by atoms with Crippen LogP contribution >= 0.6 is 11.6 Å². The van der Waals surface area contributed by atoms with Crippen LogP contribution in [-0.4, -0.2) is 0 Å². The number of hydrogen-bond acceptors (Lipinski definition) is 1. The molecule has 0 spiro atoms. The normalized spacial score (nSPS) is 19.9. The minimum Gasteiger partial charge on any atom is -0.321 e. The molecular formula is C11H13ClFN. The second kappa shape index (κ2) is 3.52. The first-order valence-corrected chi connectivity index (χ1v) is 5.24. The van der Waals surface area contributed by atoms with Crippen molar-refractivity contribution in [1.29, 1.82) is 0 Å². The maximum Gasteiger partial charge on any atom is 0.128 e. The molecule has 0 aliphatic heterocycles. The maximum atomic E-state index is 13.5. The van der Waals surface area contributed by atoms with E-state index in [0.717, 1.165) is 25.7 Å². The van der Waals surface area contributed by atoms with Crippen LogP contribution in [0.1, 0.15) is 31.2 Å². The highest BCUT2D eigenvalue weighted by molar-refractivity contribution is 6.30. The van der Waals surface area contributed by atoms with E-state index in [1.54, 1.807) is 12.1 Å². The van der Waals surface area contributed by atoms with Crippen LogP contribution < -0.4 is 5.73 Å². The lowest BCUT2D eigenvalue weighted by molar-refractivity contribution is 0.433. The summed E-state index contributed by atoms with van der Waals surface area (Å²) < 4.78 is 13.5. The fourth-order valence-electron chi connectivity index (χ4n) is 2.15. The van der Waals surface area contributed by atoms with Gasteiger partial charge >= 0.3 is 0 Å². The van der Waals surface area contributed by atoms with Gasteiger partial charge in [-0.15, -0.1) is 0 Å². The topological polar surface area (TPSA) is 26.0 Å². The van der Waals surface area contributed by atoms with Crippen molar-refractivity contribution in [2.75, 3.05) is 0 Å². The predicted octanol–water partition coefficient (Wildman–Crippen LogP) is 3.21. The molecule has 0 aromatic heterocycles. The van der Waals surface area contributed by atoms with Gasteiger partial charge in [0.25, 0.3) is 0 Å². The van der Waals surface area contributed by atoms with Gasteiger partial charge in [-0.3, -0.25) is 0 Å². The first-order valence-electron chi connectivity index (χ1n) is 4.86. The summed E-state index contributed by atoms with van der Waals surface area (Å²) >= 11 is 5.84. The highest BCUT2D eigenvalue weighted by atomic mass is 35.5. The Bertz CT molecular complexity index is 345. The Hall–Kier alpha value is -0.600. The fraction of sp³-hybridized carbons (Fsp3) is 0.455. The van der Waals surface area contributed by atoms with E-state index in [4.69, 9.17) is 17.3 Å². The Kier molecular flexibility index (Phi) is 2.50. The molecule has 76 valence electrons. The van der Waals surface area contributed by atoms with Gasteiger partial charge in [0.2, 0.25) is 0 Å². The molecule has 1 nitrogen and oxygen atoms in total. The molecule has 1 aromatic carbocycles. The van der Waals surface area contributed by atoms with Gasteiger partial charge in [0.15, 0.2) is 0 Å². The lowest BCUT2D eigenvalue weighted by Crippen LogP contribution is -2.34. The van der Waals surface area contributed by atoms with Crippen LogP contribution in [0.15, 0.2) is 18.2 Å². The minimum atomic E-state index is -0.491. The zero-order valence-corrected chi connectivity index (χ0v) is 8.65. The number of hydrogen-bond donors (Lipinski definition) is 1. The molecule has 0 radical (unpaired) electrons. The Morgan fingerprint density at radius 3 is 2.57 bits per heavy atom. The van der Waals surface area contributed by atoms with E-state index in [9.17, 15) is 4.39 Å². The average Bonchev–Trinajstić information content (AvgIpc) is 2.58. The molecule has 1 saturated carbocycles. The van der Waals surface area contributed by atoms with Crippen molar-refractivity contribution in [3.8, 4) is 0 Å². The van der Waals surface area contributed by atoms with E-state index in [2.05, 4.69) is 0 Å². The number of nitrogens with two attached hydrogens (primary N) is 1. The van der Waals surface area contributed by atoms with E-state index < -0.39 is 5.54 Å². The molecular weight excluding hydrogens is 201 g/mol. The average molecular weight is 214 g/mol. The zero-order chi connectivity index (χ0) is 10.2. The smallest absolute Gasteiger partial charge is 0.128 e. The van der Waals surface area contributed by atoms with Crippen molar-refractivity contribution in [3.05, 3.63) is 34.6 Å². The third kappa shape index (κ3) is 1.64. The van der Waals surface area contributed by atoms with Gasteiger partial charge in [-0.1, -0.05) is 24.4 Å². The number of rotatable bonds is 1. The first kappa shape index (κ1) is 9.94. The summed E-state index contributed by atoms with van der Waals surface area (Å²) in [5.41, 5.74) is 6.23. The molecule has 1 aliphatic carbocycles. The lowest BCUT2D eigenvalue weighted by Gasteiger charge is -2.24. The molecule has 1 aliphatic rings. The molecule has 1 fully saturated rings. The molecule has 2 N–H and O–H groups in total. The zero-order valence-electron chi connectivity index (χ0n) is 7.89. The highest BCUT2D eigenvalue weighted by Crippen LogP contribution is 2.38. The monoisotopic (exact) mass is 213 g/mol. The van der Waals surface area contributed by atoms with Gasteiger partial charge in [0.05, 0.1) is 0 Å². The van der Waals surface area contributed by atoms with Crippen LogP contribution in [-0.2, 0) is 5.54 Å². The molecule has 0 heterocycles. The number of benzene rings is 1. The van der Waals surface area contributed by atoms with Crippen molar-refractivity contribution < 1.29 is 4.39 Å². The molecule has 14 heavy (non-hydrogen) atoms. The predicted molar refractivity (Wildman–Crippen MR) is 55.7 cm³/mol. The van der Waals surface area contributed by atoms with Gasteiger partial charge in [0.1, 0.15) is 5.82 Å². The van der Waals surface area contributed by atoms with E-state index in [1.807, 2.05) is 0 Å². The molecule has 0 unspecified atom stereocenters. The second-order valence-corrected chi connectivity index (χ2v) is 4.42. The highest BCUT2D eigenvalue weighted by Gasteiger charge is 2.33. The van der Waals surface area contributed by atoms with Gasteiger partial charge < -0.3 is 5.73 Å². The van der Waals surface area contributed by atoms with Crippen molar-refractivity contribution in [1.82, 2.24) is 0 Å². The Labute approximate surface area is 88.1 Å². The fourth-order valence-corrected chi connectivity index (χ4v) is 2.33. The Morgan fingerprint density at radius 1 is 1.29 bits per heavy atom. The summed E-state index contributed by atoms with van der Waals surface area (Å²) in [6, 6.07) is 4.60. The van der Waals surface area contributed by atoms with Crippen LogP contribution in [0.25, 0.3) is 0 Å². The molecule has 2 rings (SSSR count). The first-order chi connectivity index (χ1) is 6.62. The van der Waals surface area contributed by atoms with Crippen LogP contribution in [0.5, 0.6) is 0 Å². The van der Waals surface area contributed by atoms with E-state index in [-0.39, 0.29) is 5.82 Å². The van der Waals surface area contributed by atoms with Crippen molar-refractivity contribution >= 4 is 11.6 Å². The largest absolute Gasteiger partial charge is 0.321 e. The standard InChI is InChI=1S/C11H13ClFN/c12-8-3-4-10(13)9(7-8)11(14)5-1-2-6-11/h3-4,7H,1-2,5-6,14H2. The summed E-state index contributed by atoms with van der Waals surface area (Å²) in [6.45, 7) is 0. The quantitative estimate of drug-likeness (QED) is 0.762. The minimum absolute atomic E-state index is 0.237. The van der Waals surface area contributed by atoms with Gasteiger partial charge in [-0.25, -0.2) is 4.39 Å². The number of halogens is 2. The second-order valence-electron chi connectivity index (χ2n) is 3.99. The van der Waals surface area contributed by atoms with Gasteiger partial charge in [-0.05, 0) is 31.0 Å². The van der Waals surface area contributed by atoms with Crippen LogP contribution in [0.4, 0.5) is 4.39 Å². The lowest BCUT2D eigenvalue weighted by atomic mass is 9.89. The van der Waals surface area contributed by atoms with Gasteiger partial charge in [0, 0.05) is 16.1 Å². The summed E-state index contributed by atoms with van der Waals surface area (Å²) in [5.74, 6) is -0.237. The van der Waals surface area contributed by atoms with Gasteiger partial charge in [-0.2, -0.15) is 0 Å². The van der Waals surface area contributed by atoms with Crippen LogP contribution in [0.2, 0.25) is 5.02 Å². The molecule has 0 bridgehead atoms. The molecule has 3 heteroatoms. The summed E-state index contributed by atoms with van der Waals surface area (Å²) in [4.78, 5) is 0. The summed E-state index contributed by atoms with van der Waals surface area (Å²) in [7, 11) is 0.